The van der Waals surface area contributed by atoms with Gasteiger partial charge in [0.25, 0.3) is 0 Å². The predicted molar refractivity (Wildman–Crippen MR) is 67.8 cm³/mol. The van der Waals surface area contributed by atoms with Crippen LogP contribution in [0.25, 0.3) is 0 Å². The molecule has 0 aromatic carbocycles. The SMILES string of the molecule is NC(CCCC(=O)O)C[C@@H]1O[C@H](CO)[C@@H](O)[C@H](O)[C@H]1O. The fourth-order valence-electron chi connectivity index (χ4n) is 2.31. The van der Waals surface area contributed by atoms with Gasteiger partial charge in [-0.15, -0.1) is 0 Å². The lowest BCUT2D eigenvalue weighted by molar-refractivity contribution is -0.231. The van der Waals surface area contributed by atoms with E-state index in [2.05, 4.69) is 0 Å². The average Bonchev–Trinajstić information content (AvgIpc) is 2.39. The van der Waals surface area contributed by atoms with E-state index in [4.69, 9.17) is 20.7 Å². The lowest BCUT2D eigenvalue weighted by Crippen LogP contribution is -2.59. The van der Waals surface area contributed by atoms with Gasteiger partial charge in [-0.1, -0.05) is 0 Å². The number of carboxylic acids is 1. The minimum Gasteiger partial charge on any atom is -0.481 e. The molecule has 1 fully saturated rings. The van der Waals surface area contributed by atoms with Crippen LogP contribution in [-0.4, -0.2) is 74.7 Å². The molecule has 0 aromatic rings. The normalized spacial score (nSPS) is 35.8. The van der Waals surface area contributed by atoms with E-state index in [-0.39, 0.29) is 12.8 Å². The van der Waals surface area contributed by atoms with E-state index < -0.39 is 49.1 Å². The lowest BCUT2D eigenvalue weighted by Gasteiger charge is -2.40. The summed E-state index contributed by atoms with van der Waals surface area (Å²) in [5, 5.41) is 46.6. The van der Waals surface area contributed by atoms with E-state index in [9.17, 15) is 20.1 Å². The molecule has 8 heteroatoms. The second kappa shape index (κ2) is 7.87. The van der Waals surface area contributed by atoms with Crippen molar-refractivity contribution in [2.75, 3.05) is 6.61 Å². The Balaban J connectivity index is 2.46. The summed E-state index contributed by atoms with van der Waals surface area (Å²) in [5.41, 5.74) is 5.83. The summed E-state index contributed by atoms with van der Waals surface area (Å²) in [7, 11) is 0. The molecular formula is C12H23NO7. The van der Waals surface area contributed by atoms with Crippen LogP contribution in [0.2, 0.25) is 0 Å². The zero-order valence-electron chi connectivity index (χ0n) is 11.1. The Hall–Kier alpha value is -0.770. The number of aliphatic hydroxyl groups is 4. The number of ether oxygens (including phenoxy) is 1. The highest BCUT2D eigenvalue weighted by Gasteiger charge is 2.43. The summed E-state index contributed by atoms with van der Waals surface area (Å²) >= 11 is 0. The van der Waals surface area contributed by atoms with Crippen LogP contribution >= 0.6 is 0 Å². The van der Waals surface area contributed by atoms with Crippen molar-refractivity contribution in [3.8, 4) is 0 Å². The maximum absolute atomic E-state index is 10.4. The summed E-state index contributed by atoms with van der Waals surface area (Å²) in [6.45, 7) is -0.476. The number of nitrogens with two attached hydrogens (primary N) is 1. The first-order valence-electron chi connectivity index (χ1n) is 6.64. The summed E-state index contributed by atoms with van der Waals surface area (Å²) in [4.78, 5) is 10.4. The molecule has 1 aliphatic heterocycles. The van der Waals surface area contributed by atoms with Gasteiger partial charge in [0, 0.05) is 12.5 Å². The molecule has 7 N–H and O–H groups in total. The molecule has 0 aromatic heterocycles. The van der Waals surface area contributed by atoms with Crippen LogP contribution in [-0.2, 0) is 9.53 Å². The van der Waals surface area contributed by atoms with Gasteiger partial charge in [-0.25, -0.2) is 0 Å². The van der Waals surface area contributed by atoms with E-state index >= 15 is 0 Å². The van der Waals surface area contributed by atoms with E-state index in [1.54, 1.807) is 0 Å². The average molecular weight is 293 g/mol. The Morgan fingerprint density at radius 3 is 2.30 bits per heavy atom. The molecule has 0 bridgehead atoms. The minimum absolute atomic E-state index is 0.0163. The first-order chi connectivity index (χ1) is 9.36. The molecule has 20 heavy (non-hydrogen) atoms. The number of rotatable bonds is 7. The van der Waals surface area contributed by atoms with Crippen molar-refractivity contribution in [2.24, 2.45) is 5.73 Å². The molecule has 6 atom stereocenters. The molecular weight excluding hydrogens is 270 g/mol. The first kappa shape index (κ1) is 17.3. The lowest BCUT2D eigenvalue weighted by atomic mass is 9.91. The third-order valence-electron chi connectivity index (χ3n) is 3.49. The summed E-state index contributed by atoms with van der Waals surface area (Å²) in [6.07, 6.45) is -4.74. The van der Waals surface area contributed by atoms with Gasteiger partial charge in [-0.05, 0) is 19.3 Å². The topological polar surface area (TPSA) is 153 Å². The van der Waals surface area contributed by atoms with E-state index in [0.717, 1.165) is 0 Å². The van der Waals surface area contributed by atoms with Crippen molar-refractivity contribution in [3.05, 3.63) is 0 Å². The highest BCUT2D eigenvalue weighted by molar-refractivity contribution is 5.66. The van der Waals surface area contributed by atoms with Crippen molar-refractivity contribution in [1.82, 2.24) is 0 Å². The van der Waals surface area contributed by atoms with Gasteiger partial charge in [0.15, 0.2) is 0 Å². The summed E-state index contributed by atoms with van der Waals surface area (Å²) < 4.78 is 5.32. The Bertz CT molecular complexity index is 312. The summed E-state index contributed by atoms with van der Waals surface area (Å²) in [5.74, 6) is -0.898. The van der Waals surface area contributed by atoms with Crippen molar-refractivity contribution in [2.45, 2.75) is 62.2 Å². The number of carbonyl (C=O) groups is 1. The smallest absolute Gasteiger partial charge is 0.303 e. The van der Waals surface area contributed by atoms with Gasteiger partial charge >= 0.3 is 5.97 Å². The van der Waals surface area contributed by atoms with Crippen LogP contribution in [0.4, 0.5) is 0 Å². The quantitative estimate of drug-likeness (QED) is 0.309. The highest BCUT2D eigenvalue weighted by Crippen LogP contribution is 2.24. The van der Waals surface area contributed by atoms with Gasteiger partial charge < -0.3 is 36.0 Å². The van der Waals surface area contributed by atoms with Crippen LogP contribution < -0.4 is 5.73 Å². The third kappa shape index (κ3) is 4.65. The summed E-state index contributed by atoms with van der Waals surface area (Å²) in [6, 6.07) is -0.393. The maximum atomic E-state index is 10.4. The predicted octanol–water partition coefficient (Wildman–Crippen LogP) is -2.20. The zero-order valence-corrected chi connectivity index (χ0v) is 11.1. The molecule has 1 aliphatic rings. The van der Waals surface area contributed by atoms with E-state index in [0.29, 0.717) is 12.8 Å². The van der Waals surface area contributed by atoms with Crippen molar-refractivity contribution in [1.29, 1.82) is 0 Å². The van der Waals surface area contributed by atoms with Gasteiger partial charge in [0.1, 0.15) is 24.4 Å². The molecule has 1 unspecified atom stereocenters. The van der Waals surface area contributed by atoms with Crippen molar-refractivity contribution < 1.29 is 35.1 Å². The number of carboxylic acid groups (broad SMARTS) is 1. The maximum Gasteiger partial charge on any atom is 0.303 e. The zero-order chi connectivity index (χ0) is 15.3. The Labute approximate surface area is 116 Å². The second-order valence-electron chi connectivity index (χ2n) is 5.15. The van der Waals surface area contributed by atoms with Gasteiger partial charge in [0.2, 0.25) is 0 Å². The number of aliphatic carboxylic acids is 1. The second-order valence-corrected chi connectivity index (χ2v) is 5.15. The number of aliphatic hydroxyl groups excluding tert-OH is 4. The molecule has 1 saturated heterocycles. The number of hydrogen-bond acceptors (Lipinski definition) is 7. The Morgan fingerprint density at radius 1 is 1.15 bits per heavy atom. The fourth-order valence-corrected chi connectivity index (χ4v) is 2.31. The van der Waals surface area contributed by atoms with E-state index in [1.807, 2.05) is 0 Å². The largest absolute Gasteiger partial charge is 0.481 e. The monoisotopic (exact) mass is 293 g/mol. The minimum atomic E-state index is -1.41. The van der Waals surface area contributed by atoms with Crippen LogP contribution in [0.1, 0.15) is 25.7 Å². The molecule has 1 heterocycles. The van der Waals surface area contributed by atoms with Crippen LogP contribution in [0.3, 0.4) is 0 Å². The molecule has 0 spiro atoms. The molecule has 0 saturated carbocycles. The van der Waals surface area contributed by atoms with Crippen LogP contribution in [0, 0.1) is 0 Å². The Kier molecular flexibility index (Phi) is 6.80. The number of hydrogen-bond donors (Lipinski definition) is 6. The first-order valence-corrected chi connectivity index (χ1v) is 6.64. The van der Waals surface area contributed by atoms with E-state index in [1.165, 1.54) is 0 Å². The standard InChI is InChI=1S/C12H23NO7/c13-6(2-1-3-9(15)16)4-7-10(17)12(19)11(18)8(5-14)20-7/h6-8,10-12,14,17-19H,1-5,13H2,(H,15,16)/t6?,7-,8+,10-,11+,12+/m0/s1. The van der Waals surface area contributed by atoms with Crippen molar-refractivity contribution in [3.63, 3.8) is 0 Å². The van der Waals surface area contributed by atoms with Gasteiger partial charge in [0.05, 0.1) is 12.7 Å². The molecule has 0 amide bonds. The fraction of sp³-hybridized carbons (Fsp3) is 0.917. The van der Waals surface area contributed by atoms with Crippen LogP contribution in [0.15, 0.2) is 0 Å². The molecule has 0 aliphatic carbocycles. The molecule has 0 radical (unpaired) electrons. The van der Waals surface area contributed by atoms with Crippen molar-refractivity contribution >= 4 is 5.97 Å². The Morgan fingerprint density at radius 2 is 1.75 bits per heavy atom. The molecule has 8 nitrogen and oxygen atoms in total. The third-order valence-corrected chi connectivity index (χ3v) is 3.49. The highest BCUT2D eigenvalue weighted by atomic mass is 16.5. The van der Waals surface area contributed by atoms with Gasteiger partial charge in [-0.3, -0.25) is 4.79 Å². The van der Waals surface area contributed by atoms with Crippen LogP contribution in [0.5, 0.6) is 0 Å². The molecule has 118 valence electrons. The molecule has 1 rings (SSSR count). The van der Waals surface area contributed by atoms with Gasteiger partial charge in [-0.2, -0.15) is 0 Å².